The highest BCUT2D eigenvalue weighted by molar-refractivity contribution is 5.37. The van der Waals surface area contributed by atoms with E-state index in [1.807, 2.05) is 18.3 Å². The Hall–Kier alpha value is -2.52. The molecule has 6 heteroatoms. The van der Waals surface area contributed by atoms with E-state index in [0.717, 1.165) is 38.5 Å². The molecule has 0 atom stereocenters. The fourth-order valence-electron chi connectivity index (χ4n) is 2.43. The molecule has 2 aromatic heterocycles. The zero-order valence-corrected chi connectivity index (χ0v) is 11.7. The third-order valence-corrected chi connectivity index (χ3v) is 3.58. The minimum absolute atomic E-state index is 0.356. The number of nitrogens with zero attached hydrogens (tertiary/aromatic N) is 6. The Balaban J connectivity index is 1.56. The molecule has 0 radical (unpaired) electrons. The van der Waals surface area contributed by atoms with Crippen molar-refractivity contribution in [2.24, 2.45) is 0 Å². The zero-order chi connectivity index (χ0) is 14.5. The molecule has 0 amide bonds. The molecule has 0 aromatic carbocycles. The number of nitriles is 1. The molecule has 1 fully saturated rings. The van der Waals surface area contributed by atoms with Gasteiger partial charge in [-0.05, 0) is 11.6 Å². The van der Waals surface area contributed by atoms with Gasteiger partial charge >= 0.3 is 0 Å². The van der Waals surface area contributed by atoms with Crippen molar-refractivity contribution in [3.63, 3.8) is 0 Å². The second kappa shape index (κ2) is 6.29. The van der Waals surface area contributed by atoms with E-state index < -0.39 is 0 Å². The lowest BCUT2D eigenvalue weighted by molar-refractivity contribution is 0.249. The van der Waals surface area contributed by atoms with Gasteiger partial charge in [-0.2, -0.15) is 5.26 Å². The number of hydrogen-bond acceptors (Lipinski definition) is 6. The van der Waals surface area contributed by atoms with E-state index in [2.05, 4.69) is 30.8 Å². The van der Waals surface area contributed by atoms with Crippen LogP contribution in [0.5, 0.6) is 0 Å². The van der Waals surface area contributed by atoms with Crippen molar-refractivity contribution in [1.29, 1.82) is 5.26 Å². The molecule has 1 aliphatic rings. The summed E-state index contributed by atoms with van der Waals surface area (Å²) in [5.74, 6) is 0.843. The molecule has 0 N–H and O–H groups in total. The smallest absolute Gasteiger partial charge is 0.158 e. The minimum atomic E-state index is 0.356. The summed E-state index contributed by atoms with van der Waals surface area (Å²) in [5, 5.41) is 8.74. The average molecular weight is 280 g/mol. The van der Waals surface area contributed by atoms with Crippen molar-refractivity contribution in [3.8, 4) is 6.07 Å². The molecule has 0 saturated carbocycles. The third kappa shape index (κ3) is 3.33. The molecule has 1 aliphatic heterocycles. The van der Waals surface area contributed by atoms with Crippen molar-refractivity contribution in [3.05, 3.63) is 48.2 Å². The van der Waals surface area contributed by atoms with Crippen molar-refractivity contribution in [2.75, 3.05) is 31.1 Å². The van der Waals surface area contributed by atoms with Crippen LogP contribution in [0.3, 0.4) is 0 Å². The van der Waals surface area contributed by atoms with Crippen LogP contribution >= 0.6 is 0 Å². The van der Waals surface area contributed by atoms with Gasteiger partial charge in [-0.15, -0.1) is 0 Å². The molecule has 21 heavy (non-hydrogen) atoms. The van der Waals surface area contributed by atoms with Gasteiger partial charge in [0.2, 0.25) is 0 Å². The Bertz CT molecular complexity index is 611. The summed E-state index contributed by atoms with van der Waals surface area (Å²) in [7, 11) is 0. The molecular weight excluding hydrogens is 264 g/mol. The Morgan fingerprint density at radius 3 is 2.57 bits per heavy atom. The van der Waals surface area contributed by atoms with Gasteiger partial charge in [-0.3, -0.25) is 9.88 Å². The summed E-state index contributed by atoms with van der Waals surface area (Å²) in [6, 6.07) is 6.06. The average Bonchev–Trinajstić information content (AvgIpc) is 2.57. The van der Waals surface area contributed by atoms with Gasteiger partial charge in [0.1, 0.15) is 11.9 Å². The van der Waals surface area contributed by atoms with Gasteiger partial charge in [0, 0.05) is 45.1 Å². The number of anilines is 1. The van der Waals surface area contributed by atoms with E-state index in [1.54, 1.807) is 12.4 Å². The Morgan fingerprint density at radius 1 is 1.10 bits per heavy atom. The molecule has 1 saturated heterocycles. The van der Waals surface area contributed by atoms with Crippen molar-refractivity contribution in [1.82, 2.24) is 19.9 Å². The molecule has 3 rings (SSSR count). The highest BCUT2D eigenvalue weighted by atomic mass is 15.3. The maximum absolute atomic E-state index is 8.74. The zero-order valence-electron chi connectivity index (χ0n) is 11.7. The summed E-state index contributed by atoms with van der Waals surface area (Å²) < 4.78 is 0. The van der Waals surface area contributed by atoms with Gasteiger partial charge in [-0.25, -0.2) is 9.97 Å². The number of rotatable bonds is 3. The molecule has 3 heterocycles. The first-order chi connectivity index (χ1) is 10.3. The van der Waals surface area contributed by atoms with Gasteiger partial charge in [-0.1, -0.05) is 6.07 Å². The van der Waals surface area contributed by atoms with E-state index in [0.29, 0.717) is 5.69 Å². The van der Waals surface area contributed by atoms with Crippen LogP contribution in [-0.2, 0) is 6.54 Å². The quantitative estimate of drug-likeness (QED) is 0.837. The number of pyridine rings is 1. The first-order valence-corrected chi connectivity index (χ1v) is 6.93. The van der Waals surface area contributed by atoms with Crippen molar-refractivity contribution in [2.45, 2.75) is 6.54 Å². The number of aromatic nitrogens is 3. The second-order valence-corrected chi connectivity index (χ2v) is 5.00. The molecule has 2 aromatic rings. The SMILES string of the molecule is N#Cc1cnc(N2CCN(Cc3cccnc3)CC2)cn1. The fraction of sp³-hybridized carbons (Fsp3) is 0.333. The van der Waals surface area contributed by atoms with Crippen molar-refractivity contribution >= 4 is 5.82 Å². The second-order valence-electron chi connectivity index (χ2n) is 5.00. The lowest BCUT2D eigenvalue weighted by Gasteiger charge is -2.35. The molecule has 0 unspecified atom stereocenters. The van der Waals surface area contributed by atoms with E-state index in [9.17, 15) is 0 Å². The van der Waals surface area contributed by atoms with Crippen LogP contribution in [0.2, 0.25) is 0 Å². The van der Waals surface area contributed by atoms with Crippen LogP contribution in [-0.4, -0.2) is 46.0 Å². The lowest BCUT2D eigenvalue weighted by atomic mass is 10.2. The lowest BCUT2D eigenvalue weighted by Crippen LogP contribution is -2.46. The van der Waals surface area contributed by atoms with E-state index in [-0.39, 0.29) is 0 Å². The van der Waals surface area contributed by atoms with Crippen molar-refractivity contribution < 1.29 is 0 Å². The monoisotopic (exact) mass is 280 g/mol. The molecule has 6 nitrogen and oxygen atoms in total. The predicted molar refractivity (Wildman–Crippen MR) is 78.5 cm³/mol. The van der Waals surface area contributed by atoms with E-state index in [4.69, 9.17) is 5.26 Å². The Morgan fingerprint density at radius 2 is 1.95 bits per heavy atom. The van der Waals surface area contributed by atoms with E-state index >= 15 is 0 Å². The van der Waals surface area contributed by atoms with Crippen LogP contribution in [0, 0.1) is 11.3 Å². The van der Waals surface area contributed by atoms with Gasteiger partial charge in [0.05, 0.1) is 12.4 Å². The van der Waals surface area contributed by atoms with Crippen LogP contribution in [0.1, 0.15) is 11.3 Å². The Kier molecular flexibility index (Phi) is 4.03. The highest BCUT2D eigenvalue weighted by Gasteiger charge is 2.18. The maximum atomic E-state index is 8.74. The molecule has 0 aliphatic carbocycles. The van der Waals surface area contributed by atoms with Gasteiger partial charge in [0.15, 0.2) is 5.69 Å². The standard InChI is InChI=1S/C15H16N6/c16-8-14-10-19-15(11-18-14)21-6-4-20(5-7-21)12-13-2-1-3-17-9-13/h1-3,9-11H,4-7,12H2. The summed E-state index contributed by atoms with van der Waals surface area (Å²) in [6.07, 6.45) is 6.91. The third-order valence-electron chi connectivity index (χ3n) is 3.58. The summed E-state index contributed by atoms with van der Waals surface area (Å²) in [6.45, 7) is 4.73. The van der Waals surface area contributed by atoms with E-state index in [1.165, 1.54) is 11.8 Å². The number of hydrogen-bond donors (Lipinski definition) is 0. The fourth-order valence-corrected chi connectivity index (χ4v) is 2.43. The Labute approximate surface area is 123 Å². The first-order valence-electron chi connectivity index (χ1n) is 6.93. The summed E-state index contributed by atoms with van der Waals surface area (Å²) in [4.78, 5) is 17.1. The number of piperazine rings is 1. The molecule has 106 valence electrons. The molecule has 0 spiro atoms. The van der Waals surface area contributed by atoms with Crippen LogP contribution in [0.25, 0.3) is 0 Å². The largest absolute Gasteiger partial charge is 0.353 e. The van der Waals surface area contributed by atoms with Gasteiger partial charge in [0.25, 0.3) is 0 Å². The minimum Gasteiger partial charge on any atom is -0.353 e. The van der Waals surface area contributed by atoms with Gasteiger partial charge < -0.3 is 4.90 Å². The molecule has 0 bridgehead atoms. The summed E-state index contributed by atoms with van der Waals surface area (Å²) in [5.41, 5.74) is 1.60. The predicted octanol–water partition coefficient (Wildman–Crippen LogP) is 1.07. The summed E-state index contributed by atoms with van der Waals surface area (Å²) >= 11 is 0. The maximum Gasteiger partial charge on any atom is 0.158 e. The normalized spacial score (nSPS) is 15.7. The van der Waals surface area contributed by atoms with Crippen LogP contribution < -0.4 is 4.90 Å². The topological polar surface area (TPSA) is 68.9 Å². The highest BCUT2D eigenvalue weighted by Crippen LogP contribution is 2.13. The van der Waals surface area contributed by atoms with Crippen LogP contribution in [0.4, 0.5) is 5.82 Å². The molecular formula is C15H16N6. The van der Waals surface area contributed by atoms with Crippen LogP contribution in [0.15, 0.2) is 36.9 Å². The first kappa shape index (κ1) is 13.5.